The van der Waals surface area contributed by atoms with E-state index in [1.807, 2.05) is 27.7 Å². The summed E-state index contributed by atoms with van der Waals surface area (Å²) >= 11 is 6.98. The Morgan fingerprint density at radius 1 is 0.550 bits per heavy atom. The summed E-state index contributed by atoms with van der Waals surface area (Å²) in [5.74, 6) is 1.79. The van der Waals surface area contributed by atoms with Gasteiger partial charge in [0.25, 0.3) is 0 Å². The van der Waals surface area contributed by atoms with Crippen LogP contribution in [-0.4, -0.2) is 124 Å². The Balaban J connectivity index is 6.35. The van der Waals surface area contributed by atoms with Crippen molar-refractivity contribution in [2.75, 3.05) is 31.3 Å². The third-order valence-corrected chi connectivity index (χ3v) is 23.8. The molecule has 0 saturated heterocycles. The van der Waals surface area contributed by atoms with Gasteiger partial charge in [0.05, 0.1) is 25.4 Å². The predicted octanol–water partition coefficient (Wildman–Crippen LogP) is 14.5. The second-order valence-corrected chi connectivity index (χ2v) is 32.1. The molecule has 4 unspecified atom stereocenters. The lowest BCUT2D eigenvalue weighted by Crippen LogP contribution is -2.45. The summed E-state index contributed by atoms with van der Waals surface area (Å²) in [6.45, 7) is 55.8. The Labute approximate surface area is 392 Å². The van der Waals surface area contributed by atoms with Gasteiger partial charge in [0.1, 0.15) is 14.8 Å². The van der Waals surface area contributed by atoms with Crippen LogP contribution in [0.5, 0.6) is 0 Å². The molecule has 0 spiro atoms. The van der Waals surface area contributed by atoms with Gasteiger partial charge in [-0.05, 0) is 151 Å². The fourth-order valence-corrected chi connectivity index (χ4v) is 21.9. The first-order valence-corrected chi connectivity index (χ1v) is 30.2. The molecule has 0 bridgehead atoms. The van der Waals surface area contributed by atoms with Gasteiger partial charge in [-0.25, -0.2) is 0 Å². The van der Waals surface area contributed by atoms with Gasteiger partial charge < -0.3 is 9.47 Å². The van der Waals surface area contributed by atoms with Crippen LogP contribution in [-0.2, 0) is 19.1 Å². The van der Waals surface area contributed by atoms with Gasteiger partial charge in [-0.2, -0.15) is 0 Å². The summed E-state index contributed by atoms with van der Waals surface area (Å²) in [5.41, 5.74) is -0.732. The molecule has 0 rings (SSSR count). The molecule has 0 aromatic heterocycles. The van der Waals surface area contributed by atoms with Crippen LogP contribution in [0.1, 0.15) is 185 Å². The molecule has 0 N–H and O–H groups in total. The highest BCUT2D eigenvalue weighted by atomic mass is 32.7. The Bertz CT molecular complexity index is 1220. The van der Waals surface area contributed by atoms with E-state index in [1.54, 1.807) is 0 Å². The molecule has 0 aromatic rings. The smallest absolute Gasteiger partial charge is 0.194 e. The summed E-state index contributed by atoms with van der Waals surface area (Å²) in [4.78, 5) is 25.0. The largest absolute Gasteiger partial charge is 0.379 e. The zero-order valence-electron chi connectivity index (χ0n) is 43.2. The molecule has 0 aromatic carbocycles. The lowest BCUT2D eigenvalue weighted by Gasteiger charge is -2.49. The minimum absolute atomic E-state index is 0.207. The van der Waals surface area contributed by atoms with Gasteiger partial charge in [-0.3, -0.25) is 28.3 Å². The van der Waals surface area contributed by atoms with E-state index >= 15 is 0 Å². The topological polar surface area (TPSA) is 65.6 Å². The first-order valence-electron chi connectivity index (χ1n) is 22.9. The highest BCUT2D eigenvalue weighted by Gasteiger charge is 2.39. The quantitative estimate of drug-likeness (QED) is 0.0509. The number of thioether (sulfide) groups is 2. The average Bonchev–Trinajstić information content (AvgIpc) is 3.06. The van der Waals surface area contributed by atoms with Gasteiger partial charge >= 0.3 is 0 Å². The predicted molar refractivity (Wildman–Crippen MR) is 279 cm³/mol. The molecule has 0 fully saturated rings. The van der Waals surface area contributed by atoms with Gasteiger partial charge in [-0.1, -0.05) is 74.0 Å². The fourth-order valence-electron chi connectivity index (χ4n) is 6.95. The van der Waals surface area contributed by atoms with Crippen LogP contribution in [0.3, 0.4) is 0 Å². The molecular weight excluding hydrogens is 863 g/mol. The van der Waals surface area contributed by atoms with Crippen molar-refractivity contribution in [3.8, 4) is 0 Å². The normalized spacial score (nSPS) is 16.0. The zero-order valence-corrected chi connectivity index (χ0v) is 48.3. The molecule has 0 radical (unpaired) electrons. The monoisotopic (exact) mass is 959 g/mol. The number of hydrogen-bond donors (Lipinski definition) is 0. The number of hydrogen-bond acceptors (Lipinski definition) is 12. The van der Waals surface area contributed by atoms with Gasteiger partial charge in [0, 0.05) is 81.2 Å². The minimum Gasteiger partial charge on any atom is -0.379 e. The molecule has 0 amide bonds. The van der Waals surface area contributed by atoms with Crippen LogP contribution in [0, 0.1) is 5.41 Å². The third kappa shape index (κ3) is 22.7. The summed E-state index contributed by atoms with van der Waals surface area (Å²) in [5, 5.41) is 0.430. The lowest BCUT2D eigenvalue weighted by molar-refractivity contribution is -0.117. The average molecular weight is 960 g/mol. The van der Waals surface area contributed by atoms with Crippen molar-refractivity contribution in [2.45, 2.75) is 249 Å². The first kappa shape index (κ1) is 61.4. The SMILES string of the molecule is CCC(=O)SC(C)(C)COCCSP(N(C(C)C)C(C)C)N(C(C)C)C(C)CCC(C)N(C(C)C)P(SCC(C)(C)OCC(C)(C)SC(=O)C(C)(C)C)N(C(C)C)C(C)C. The number of ether oxygens (including phenoxy) is 2. The Morgan fingerprint density at radius 3 is 1.30 bits per heavy atom. The summed E-state index contributed by atoms with van der Waals surface area (Å²) in [6.07, 6.45) is 2.78. The Hall–Kier alpha value is 1.36. The molecule has 4 atom stereocenters. The van der Waals surface area contributed by atoms with Crippen molar-refractivity contribution >= 4 is 71.4 Å². The van der Waals surface area contributed by atoms with Gasteiger partial charge in [-0.15, -0.1) is 0 Å². The maximum Gasteiger partial charge on any atom is 0.194 e. The molecule has 0 saturated carbocycles. The molecule has 358 valence electrons. The molecule has 0 aliphatic carbocycles. The van der Waals surface area contributed by atoms with Crippen molar-refractivity contribution in [1.29, 1.82) is 0 Å². The van der Waals surface area contributed by atoms with Crippen molar-refractivity contribution in [2.24, 2.45) is 5.41 Å². The van der Waals surface area contributed by atoms with Gasteiger partial charge in [0.2, 0.25) is 0 Å². The Morgan fingerprint density at radius 2 is 0.933 bits per heavy atom. The van der Waals surface area contributed by atoms with E-state index in [0.29, 0.717) is 74.6 Å². The first-order chi connectivity index (χ1) is 27.2. The maximum atomic E-state index is 12.9. The zero-order chi connectivity index (χ0) is 47.1. The summed E-state index contributed by atoms with van der Waals surface area (Å²) in [6, 6.07) is 3.23. The molecule has 0 aliphatic rings. The van der Waals surface area contributed by atoms with Crippen molar-refractivity contribution in [3.63, 3.8) is 0 Å². The van der Waals surface area contributed by atoms with Crippen LogP contribution < -0.4 is 0 Å². The standard InChI is InChI=1S/C46H96N4O4P2S4/c1-25-41(51)59-45(21,22)30-53-28-29-57-55(47(33(2)3)34(4)5)49(37(10)11)39(14)26-27-40(15)50(38(12)13)56(48(35(6)7)36(8)9)58-32-44(19,20)54-31-46(23,24)60-42(52)43(16,17)18/h33-40H,25-32H2,1-24H3. The van der Waals surface area contributed by atoms with E-state index in [-0.39, 0.29) is 30.7 Å². The van der Waals surface area contributed by atoms with E-state index in [2.05, 4.69) is 180 Å². The van der Waals surface area contributed by atoms with Crippen LogP contribution in [0.15, 0.2) is 0 Å². The number of carbonyl (C=O) groups is 2. The summed E-state index contributed by atoms with van der Waals surface area (Å²) in [7, 11) is -1.37. The number of carbonyl (C=O) groups excluding carboxylic acids is 2. The molecule has 14 heteroatoms. The van der Waals surface area contributed by atoms with E-state index in [1.165, 1.54) is 23.5 Å². The van der Waals surface area contributed by atoms with Crippen LogP contribution >= 0.6 is 61.1 Å². The van der Waals surface area contributed by atoms with E-state index in [4.69, 9.17) is 9.47 Å². The Kier molecular flexibility index (Phi) is 28.5. The number of rotatable bonds is 30. The second-order valence-electron chi connectivity index (χ2n) is 21.1. The van der Waals surface area contributed by atoms with E-state index < -0.39 is 14.8 Å². The molecule has 8 nitrogen and oxygen atoms in total. The molecule has 0 heterocycles. The highest BCUT2D eigenvalue weighted by molar-refractivity contribution is 8.54. The third-order valence-electron chi connectivity index (χ3n) is 9.75. The van der Waals surface area contributed by atoms with Crippen LogP contribution in [0.2, 0.25) is 0 Å². The fraction of sp³-hybridized carbons (Fsp3) is 0.957. The molecule has 60 heavy (non-hydrogen) atoms. The van der Waals surface area contributed by atoms with Crippen LogP contribution in [0.4, 0.5) is 0 Å². The molecule has 0 aliphatic heterocycles. The van der Waals surface area contributed by atoms with Crippen LogP contribution in [0.25, 0.3) is 0 Å². The summed E-state index contributed by atoms with van der Waals surface area (Å²) < 4.78 is 23.5. The van der Waals surface area contributed by atoms with Crippen molar-refractivity contribution < 1.29 is 19.1 Å². The number of nitrogens with zero attached hydrogens (tertiary/aromatic N) is 4. The van der Waals surface area contributed by atoms with E-state index in [9.17, 15) is 9.59 Å². The van der Waals surface area contributed by atoms with Gasteiger partial charge in [0.15, 0.2) is 10.2 Å². The lowest BCUT2D eigenvalue weighted by atomic mass is 9.99. The maximum absolute atomic E-state index is 12.9. The van der Waals surface area contributed by atoms with Crippen molar-refractivity contribution in [3.05, 3.63) is 0 Å². The highest BCUT2D eigenvalue weighted by Crippen LogP contribution is 2.62. The van der Waals surface area contributed by atoms with Crippen molar-refractivity contribution in [1.82, 2.24) is 18.7 Å². The minimum atomic E-state index is -0.715. The second kappa shape index (κ2) is 27.9. The molecular formula is C46H96N4O4P2S4. The van der Waals surface area contributed by atoms with E-state index in [0.717, 1.165) is 24.3 Å².